The van der Waals surface area contributed by atoms with Gasteiger partial charge in [0.2, 0.25) is 10.0 Å². The van der Waals surface area contributed by atoms with Crippen LogP contribution in [0.1, 0.15) is 39.5 Å². The van der Waals surface area contributed by atoms with E-state index in [1.807, 2.05) is 0 Å². The van der Waals surface area contributed by atoms with Gasteiger partial charge in [-0.3, -0.25) is 0 Å². The Hall–Kier alpha value is -0.170. The molecule has 0 aliphatic carbocycles. The molecule has 6 heteroatoms. The summed E-state index contributed by atoms with van der Waals surface area (Å²) in [4.78, 5) is 2.37. The Morgan fingerprint density at radius 2 is 1.90 bits per heavy atom. The van der Waals surface area contributed by atoms with Crippen molar-refractivity contribution in [2.75, 3.05) is 31.9 Å². The van der Waals surface area contributed by atoms with Gasteiger partial charge in [-0.1, -0.05) is 13.8 Å². The van der Waals surface area contributed by atoms with Crippen LogP contribution in [0.5, 0.6) is 0 Å². The summed E-state index contributed by atoms with van der Waals surface area (Å²) in [5.74, 6) is 0.813. The van der Waals surface area contributed by atoms with E-state index >= 15 is 0 Å². The number of hydrogen-bond donors (Lipinski definition) is 2. The van der Waals surface area contributed by atoms with Crippen LogP contribution in [-0.4, -0.2) is 57.3 Å². The second kappa shape index (κ2) is 7.20. The van der Waals surface area contributed by atoms with Crippen molar-refractivity contribution in [3.8, 4) is 0 Å². The van der Waals surface area contributed by atoms with Crippen molar-refractivity contribution in [1.82, 2.24) is 14.9 Å². The zero-order valence-corrected chi connectivity index (χ0v) is 13.6. The predicted molar refractivity (Wildman–Crippen MR) is 82.2 cm³/mol. The molecule has 3 aliphatic heterocycles. The van der Waals surface area contributed by atoms with Gasteiger partial charge in [0.1, 0.15) is 0 Å². The van der Waals surface area contributed by atoms with Gasteiger partial charge in [0.15, 0.2) is 0 Å². The van der Waals surface area contributed by atoms with Gasteiger partial charge in [0, 0.05) is 18.6 Å². The lowest BCUT2D eigenvalue weighted by Gasteiger charge is -2.44. The summed E-state index contributed by atoms with van der Waals surface area (Å²) < 4.78 is 27.2. The van der Waals surface area contributed by atoms with Crippen LogP contribution in [0.4, 0.5) is 0 Å². The van der Waals surface area contributed by atoms with Crippen LogP contribution in [-0.2, 0) is 10.0 Å². The fourth-order valence-corrected chi connectivity index (χ4v) is 4.63. The number of sulfonamides is 1. The van der Waals surface area contributed by atoms with E-state index in [0.29, 0.717) is 12.0 Å². The number of nitrogens with zero attached hydrogens (tertiary/aromatic N) is 1. The first kappa shape index (κ1) is 16.2. The van der Waals surface area contributed by atoms with Crippen LogP contribution < -0.4 is 10.0 Å². The van der Waals surface area contributed by atoms with Gasteiger partial charge in [-0.25, -0.2) is 13.1 Å². The average Bonchev–Trinajstić information content (AvgIpc) is 2.38. The summed E-state index contributed by atoms with van der Waals surface area (Å²) in [6, 6.07) is 0.618. The van der Waals surface area contributed by atoms with Gasteiger partial charge in [-0.05, 0) is 51.2 Å². The molecular formula is C14H29N3O2S. The molecule has 2 bridgehead atoms. The largest absolute Gasteiger partial charge is 0.315 e. The minimum absolute atomic E-state index is 0.149. The Morgan fingerprint density at radius 3 is 2.45 bits per heavy atom. The Bertz CT molecular complexity index is 389. The standard InChI is InChI=1S/C14H29N3O2S/c1-12(2)15-7-3-4-10-20(18,19)16-14-11-17-8-5-13(14)6-9-17/h12-16H,3-11H2,1-2H3. The molecule has 3 saturated heterocycles. The third kappa shape index (κ3) is 4.98. The highest BCUT2D eigenvalue weighted by atomic mass is 32.2. The summed E-state index contributed by atoms with van der Waals surface area (Å²) in [5, 5.41) is 3.31. The predicted octanol–water partition coefficient (Wildman–Crippen LogP) is 0.778. The summed E-state index contributed by atoms with van der Waals surface area (Å²) in [6.45, 7) is 8.29. The lowest BCUT2D eigenvalue weighted by atomic mass is 9.85. The number of unbranched alkanes of at least 4 members (excludes halogenated alkanes) is 1. The van der Waals surface area contributed by atoms with Crippen molar-refractivity contribution < 1.29 is 8.42 Å². The average molecular weight is 303 g/mol. The SMILES string of the molecule is CC(C)NCCCCS(=O)(=O)NC1CN2CCC1CC2. The highest BCUT2D eigenvalue weighted by molar-refractivity contribution is 7.89. The van der Waals surface area contributed by atoms with E-state index in [9.17, 15) is 8.42 Å². The second-order valence-electron chi connectivity index (χ2n) is 6.50. The van der Waals surface area contributed by atoms with Crippen molar-refractivity contribution >= 4 is 10.0 Å². The molecule has 1 unspecified atom stereocenters. The minimum atomic E-state index is -3.11. The summed E-state index contributed by atoms with van der Waals surface area (Å²) in [6.07, 6.45) is 3.94. The first-order chi connectivity index (χ1) is 9.46. The highest BCUT2D eigenvalue weighted by Crippen LogP contribution is 2.27. The van der Waals surface area contributed by atoms with E-state index in [-0.39, 0.29) is 11.8 Å². The third-order valence-electron chi connectivity index (χ3n) is 4.38. The molecule has 3 heterocycles. The topological polar surface area (TPSA) is 61.4 Å². The van der Waals surface area contributed by atoms with Crippen LogP contribution in [0.3, 0.4) is 0 Å². The van der Waals surface area contributed by atoms with Crippen LogP contribution in [0.25, 0.3) is 0 Å². The molecule has 0 amide bonds. The fraction of sp³-hybridized carbons (Fsp3) is 1.00. The smallest absolute Gasteiger partial charge is 0.211 e. The molecule has 0 aromatic heterocycles. The maximum atomic E-state index is 12.1. The van der Waals surface area contributed by atoms with Gasteiger partial charge < -0.3 is 10.2 Å². The summed E-state index contributed by atoms with van der Waals surface area (Å²) in [7, 11) is -3.11. The van der Waals surface area contributed by atoms with Gasteiger partial charge in [0.25, 0.3) is 0 Å². The molecular weight excluding hydrogens is 274 g/mol. The van der Waals surface area contributed by atoms with E-state index in [2.05, 4.69) is 28.8 Å². The molecule has 20 heavy (non-hydrogen) atoms. The quantitative estimate of drug-likeness (QED) is 0.651. The maximum absolute atomic E-state index is 12.1. The number of hydrogen-bond acceptors (Lipinski definition) is 4. The van der Waals surface area contributed by atoms with Gasteiger partial charge >= 0.3 is 0 Å². The molecule has 1 atom stereocenters. The zero-order chi connectivity index (χ0) is 14.6. The van der Waals surface area contributed by atoms with E-state index in [1.54, 1.807) is 0 Å². The van der Waals surface area contributed by atoms with Crippen LogP contribution >= 0.6 is 0 Å². The number of rotatable bonds is 8. The van der Waals surface area contributed by atoms with Crippen LogP contribution in [0.15, 0.2) is 0 Å². The van der Waals surface area contributed by atoms with Crippen LogP contribution in [0.2, 0.25) is 0 Å². The zero-order valence-electron chi connectivity index (χ0n) is 12.8. The molecule has 3 aliphatic rings. The van der Waals surface area contributed by atoms with Crippen molar-refractivity contribution in [3.63, 3.8) is 0 Å². The fourth-order valence-electron chi connectivity index (χ4n) is 3.20. The van der Waals surface area contributed by atoms with Crippen molar-refractivity contribution in [3.05, 3.63) is 0 Å². The van der Waals surface area contributed by atoms with E-state index in [1.165, 1.54) is 0 Å². The van der Waals surface area contributed by atoms with E-state index < -0.39 is 10.0 Å². The van der Waals surface area contributed by atoms with Gasteiger partial charge in [-0.15, -0.1) is 0 Å². The van der Waals surface area contributed by atoms with Gasteiger partial charge in [0.05, 0.1) is 5.75 Å². The number of piperidine rings is 3. The van der Waals surface area contributed by atoms with Crippen molar-refractivity contribution in [1.29, 1.82) is 0 Å². The molecule has 0 spiro atoms. The van der Waals surface area contributed by atoms with Crippen molar-refractivity contribution in [2.24, 2.45) is 5.92 Å². The summed E-state index contributed by atoms with van der Waals surface area (Å²) >= 11 is 0. The van der Waals surface area contributed by atoms with Crippen molar-refractivity contribution in [2.45, 2.75) is 51.6 Å². The number of nitrogens with one attached hydrogen (secondary N) is 2. The molecule has 118 valence electrons. The second-order valence-corrected chi connectivity index (χ2v) is 8.37. The Morgan fingerprint density at radius 1 is 1.20 bits per heavy atom. The Kier molecular flexibility index (Phi) is 5.84. The van der Waals surface area contributed by atoms with Crippen LogP contribution in [0, 0.1) is 5.92 Å². The first-order valence-electron chi connectivity index (χ1n) is 7.92. The molecule has 0 radical (unpaired) electrons. The molecule has 5 nitrogen and oxygen atoms in total. The molecule has 3 rings (SSSR count). The first-order valence-corrected chi connectivity index (χ1v) is 9.57. The molecule has 3 fully saturated rings. The third-order valence-corrected chi connectivity index (χ3v) is 5.87. The Labute approximate surface area is 123 Å². The van der Waals surface area contributed by atoms with Gasteiger partial charge in [-0.2, -0.15) is 0 Å². The van der Waals surface area contributed by atoms with E-state index in [4.69, 9.17) is 0 Å². The monoisotopic (exact) mass is 303 g/mol. The molecule has 0 saturated carbocycles. The molecule has 0 aromatic rings. The summed E-state index contributed by atoms with van der Waals surface area (Å²) in [5.41, 5.74) is 0. The normalized spacial score (nSPS) is 30.1. The Balaban J connectivity index is 1.68. The minimum Gasteiger partial charge on any atom is -0.315 e. The molecule has 0 aromatic carbocycles. The number of fused-ring (bicyclic) bond motifs is 3. The lowest BCUT2D eigenvalue weighted by molar-refractivity contribution is 0.0827. The lowest BCUT2D eigenvalue weighted by Crippen LogP contribution is -2.57. The van der Waals surface area contributed by atoms with E-state index in [0.717, 1.165) is 51.9 Å². The maximum Gasteiger partial charge on any atom is 0.211 e. The highest BCUT2D eigenvalue weighted by Gasteiger charge is 2.35. The molecule has 2 N–H and O–H groups in total.